The lowest BCUT2D eigenvalue weighted by Crippen LogP contribution is -2.27. The molecule has 0 saturated heterocycles. The number of halogens is 2. The standard InChI is InChI=1S/C18H14Cl2N6OS/c19-12-3-1-11(2-4-12)17-23-24-18(28)26(17)10-16(27)21-7-14-9-25-8-13(20)5-6-15(25)22-14/h1-6,8-9H,7,10H2,(H,21,27)(H,24,28). The lowest BCUT2D eigenvalue weighted by atomic mass is 10.2. The van der Waals surface area contributed by atoms with Gasteiger partial charge in [0.2, 0.25) is 5.91 Å². The Labute approximate surface area is 174 Å². The summed E-state index contributed by atoms with van der Waals surface area (Å²) in [6.45, 7) is 0.325. The Balaban J connectivity index is 1.47. The van der Waals surface area contributed by atoms with Gasteiger partial charge in [0.15, 0.2) is 10.6 Å². The van der Waals surface area contributed by atoms with Crippen molar-refractivity contribution in [3.8, 4) is 11.4 Å². The third-order valence-corrected chi connectivity index (χ3v) is 4.88. The van der Waals surface area contributed by atoms with Crippen LogP contribution in [-0.4, -0.2) is 30.1 Å². The number of hydrogen-bond acceptors (Lipinski definition) is 4. The fourth-order valence-corrected chi connectivity index (χ4v) is 3.27. The Hall–Kier alpha value is -2.68. The van der Waals surface area contributed by atoms with Crippen LogP contribution in [0.3, 0.4) is 0 Å². The SMILES string of the molecule is O=C(Cn1c(-c2ccc(Cl)cc2)n[nH]c1=S)NCc1cn2cc(Cl)ccc2n1. The molecule has 0 aliphatic heterocycles. The maximum Gasteiger partial charge on any atom is 0.240 e. The highest BCUT2D eigenvalue weighted by Crippen LogP contribution is 2.20. The van der Waals surface area contributed by atoms with Crippen molar-refractivity contribution in [1.29, 1.82) is 0 Å². The van der Waals surface area contributed by atoms with E-state index in [0.29, 0.717) is 27.2 Å². The van der Waals surface area contributed by atoms with Gasteiger partial charge in [-0.25, -0.2) is 4.98 Å². The number of benzene rings is 1. The monoisotopic (exact) mass is 432 g/mol. The highest BCUT2D eigenvalue weighted by Gasteiger charge is 2.13. The van der Waals surface area contributed by atoms with Crippen molar-refractivity contribution in [2.75, 3.05) is 0 Å². The summed E-state index contributed by atoms with van der Waals surface area (Å²) in [5.74, 6) is 0.363. The molecule has 1 aromatic carbocycles. The van der Waals surface area contributed by atoms with Crippen molar-refractivity contribution in [1.82, 2.24) is 29.5 Å². The fraction of sp³-hybridized carbons (Fsp3) is 0.111. The van der Waals surface area contributed by atoms with Crippen LogP contribution in [0, 0.1) is 4.77 Å². The molecule has 7 nitrogen and oxygen atoms in total. The Bertz CT molecular complexity index is 1210. The van der Waals surface area contributed by atoms with Gasteiger partial charge in [0, 0.05) is 23.0 Å². The lowest BCUT2D eigenvalue weighted by Gasteiger charge is -2.07. The zero-order chi connectivity index (χ0) is 19.7. The first-order valence-corrected chi connectivity index (χ1v) is 9.47. The molecule has 3 heterocycles. The molecule has 28 heavy (non-hydrogen) atoms. The van der Waals surface area contributed by atoms with Crippen molar-refractivity contribution >= 4 is 47.0 Å². The van der Waals surface area contributed by atoms with Gasteiger partial charge < -0.3 is 9.72 Å². The Morgan fingerprint density at radius 1 is 1.11 bits per heavy atom. The number of pyridine rings is 1. The van der Waals surface area contributed by atoms with E-state index in [-0.39, 0.29) is 12.5 Å². The van der Waals surface area contributed by atoms with Crippen LogP contribution in [0.1, 0.15) is 5.69 Å². The van der Waals surface area contributed by atoms with Crippen LogP contribution in [0.15, 0.2) is 48.8 Å². The van der Waals surface area contributed by atoms with Gasteiger partial charge >= 0.3 is 0 Å². The van der Waals surface area contributed by atoms with Gasteiger partial charge in [-0.1, -0.05) is 23.2 Å². The first-order valence-electron chi connectivity index (χ1n) is 8.30. The number of fused-ring (bicyclic) bond motifs is 1. The molecule has 1 amide bonds. The number of nitrogens with zero attached hydrogens (tertiary/aromatic N) is 4. The van der Waals surface area contributed by atoms with Gasteiger partial charge in [0.25, 0.3) is 0 Å². The van der Waals surface area contributed by atoms with Crippen molar-refractivity contribution in [2.24, 2.45) is 0 Å². The van der Waals surface area contributed by atoms with Crippen molar-refractivity contribution in [2.45, 2.75) is 13.1 Å². The molecule has 0 spiro atoms. The highest BCUT2D eigenvalue weighted by molar-refractivity contribution is 7.71. The molecule has 0 aliphatic carbocycles. The minimum atomic E-state index is -0.206. The molecule has 0 unspecified atom stereocenters. The zero-order valence-electron chi connectivity index (χ0n) is 14.4. The van der Waals surface area contributed by atoms with E-state index in [1.54, 1.807) is 29.0 Å². The summed E-state index contributed by atoms with van der Waals surface area (Å²) in [6, 6.07) is 10.7. The molecule has 0 fully saturated rings. The minimum absolute atomic E-state index is 0.0342. The van der Waals surface area contributed by atoms with E-state index in [2.05, 4.69) is 20.5 Å². The number of nitrogens with one attached hydrogen (secondary N) is 2. The van der Waals surface area contributed by atoms with Gasteiger partial charge in [0.05, 0.1) is 17.3 Å². The molecule has 2 N–H and O–H groups in total. The Kier molecular flexibility index (Phi) is 5.17. The number of carbonyl (C=O) groups excluding carboxylic acids is 1. The van der Waals surface area contributed by atoms with Crippen LogP contribution in [-0.2, 0) is 17.9 Å². The second-order valence-electron chi connectivity index (χ2n) is 6.07. The predicted molar refractivity (Wildman–Crippen MR) is 110 cm³/mol. The summed E-state index contributed by atoms with van der Waals surface area (Å²) in [6.07, 6.45) is 3.59. The van der Waals surface area contributed by atoms with Crippen LogP contribution in [0.4, 0.5) is 0 Å². The molecule has 10 heteroatoms. The number of rotatable bonds is 5. The summed E-state index contributed by atoms with van der Waals surface area (Å²) < 4.78 is 3.81. The molecule has 0 radical (unpaired) electrons. The summed E-state index contributed by atoms with van der Waals surface area (Å²) >= 11 is 17.2. The number of hydrogen-bond donors (Lipinski definition) is 2. The van der Waals surface area contributed by atoms with E-state index in [1.165, 1.54) is 0 Å². The summed E-state index contributed by atoms with van der Waals surface area (Å²) in [4.78, 5) is 16.9. The van der Waals surface area contributed by atoms with E-state index in [0.717, 1.165) is 16.9 Å². The summed E-state index contributed by atoms with van der Waals surface area (Å²) in [5.41, 5.74) is 2.29. The van der Waals surface area contributed by atoms with Crippen molar-refractivity contribution in [3.63, 3.8) is 0 Å². The quantitative estimate of drug-likeness (QED) is 0.469. The molecule has 4 rings (SSSR count). The predicted octanol–water partition coefficient (Wildman–Crippen LogP) is 3.88. The Morgan fingerprint density at radius 3 is 2.64 bits per heavy atom. The van der Waals surface area contributed by atoms with Crippen LogP contribution in [0.5, 0.6) is 0 Å². The highest BCUT2D eigenvalue weighted by atomic mass is 35.5. The van der Waals surface area contributed by atoms with E-state index in [1.807, 2.05) is 28.8 Å². The summed E-state index contributed by atoms with van der Waals surface area (Å²) in [7, 11) is 0. The van der Waals surface area contributed by atoms with Gasteiger partial charge in [-0.2, -0.15) is 5.10 Å². The lowest BCUT2D eigenvalue weighted by molar-refractivity contribution is -0.121. The summed E-state index contributed by atoms with van der Waals surface area (Å²) in [5, 5.41) is 11.0. The van der Waals surface area contributed by atoms with E-state index < -0.39 is 0 Å². The molecule has 0 atom stereocenters. The van der Waals surface area contributed by atoms with Crippen molar-refractivity contribution in [3.05, 3.63) is 69.3 Å². The van der Waals surface area contributed by atoms with Crippen LogP contribution in [0.25, 0.3) is 17.0 Å². The molecule has 0 aliphatic rings. The van der Waals surface area contributed by atoms with E-state index in [9.17, 15) is 4.79 Å². The minimum Gasteiger partial charge on any atom is -0.349 e. The number of aromatic nitrogens is 5. The smallest absolute Gasteiger partial charge is 0.240 e. The second kappa shape index (κ2) is 7.75. The number of carbonyl (C=O) groups is 1. The van der Waals surface area contributed by atoms with E-state index in [4.69, 9.17) is 35.4 Å². The van der Waals surface area contributed by atoms with Gasteiger partial charge in [-0.15, -0.1) is 0 Å². The number of H-pyrrole nitrogens is 1. The van der Waals surface area contributed by atoms with Gasteiger partial charge in [-0.05, 0) is 48.6 Å². The maximum atomic E-state index is 12.4. The average Bonchev–Trinajstić information content (AvgIpc) is 3.24. The third kappa shape index (κ3) is 3.94. The van der Waals surface area contributed by atoms with Gasteiger partial charge in [-0.3, -0.25) is 14.5 Å². The maximum absolute atomic E-state index is 12.4. The second-order valence-corrected chi connectivity index (χ2v) is 7.33. The fourth-order valence-electron chi connectivity index (χ4n) is 2.77. The van der Waals surface area contributed by atoms with Gasteiger partial charge in [0.1, 0.15) is 12.2 Å². The molecular weight excluding hydrogens is 419 g/mol. The Morgan fingerprint density at radius 2 is 1.86 bits per heavy atom. The van der Waals surface area contributed by atoms with Crippen LogP contribution < -0.4 is 5.32 Å². The normalized spacial score (nSPS) is 11.1. The molecule has 3 aromatic heterocycles. The molecule has 142 valence electrons. The first kappa shape index (κ1) is 18.7. The third-order valence-electron chi connectivity index (χ3n) is 4.09. The largest absolute Gasteiger partial charge is 0.349 e. The van der Waals surface area contributed by atoms with Crippen LogP contribution >= 0.6 is 35.4 Å². The number of aromatic amines is 1. The number of amides is 1. The first-order chi connectivity index (χ1) is 13.5. The molecular formula is C18H14Cl2N6OS. The van der Waals surface area contributed by atoms with Crippen molar-refractivity contribution < 1.29 is 4.79 Å². The topological polar surface area (TPSA) is 80.0 Å². The van der Waals surface area contributed by atoms with E-state index >= 15 is 0 Å². The molecule has 4 aromatic rings. The van der Waals surface area contributed by atoms with Crippen LogP contribution in [0.2, 0.25) is 10.0 Å². The zero-order valence-corrected chi connectivity index (χ0v) is 16.7. The number of imidazole rings is 1. The average molecular weight is 433 g/mol. The molecule has 0 saturated carbocycles. The molecule has 0 bridgehead atoms.